The molecule has 0 saturated heterocycles. The van der Waals surface area contributed by atoms with Crippen LogP contribution in [0.2, 0.25) is 0 Å². The summed E-state index contributed by atoms with van der Waals surface area (Å²) in [6, 6.07) is 11.9. The third-order valence-electron chi connectivity index (χ3n) is 5.15. The summed E-state index contributed by atoms with van der Waals surface area (Å²) in [5, 5.41) is 14.6. The van der Waals surface area contributed by atoms with Crippen LogP contribution in [-0.4, -0.2) is 50.9 Å². The van der Waals surface area contributed by atoms with Crippen molar-refractivity contribution in [1.82, 2.24) is 25.7 Å². The molecule has 160 valence electrons. The molecule has 0 spiro atoms. The van der Waals surface area contributed by atoms with Gasteiger partial charge in [-0.1, -0.05) is 12.1 Å². The number of carbonyl (C=O) groups is 3. The minimum absolute atomic E-state index is 0.209. The summed E-state index contributed by atoms with van der Waals surface area (Å²) in [7, 11) is 1.62. The highest BCUT2D eigenvalue weighted by atomic mass is 16.5. The fourth-order valence-corrected chi connectivity index (χ4v) is 3.58. The second-order valence-electron chi connectivity index (χ2n) is 7.39. The fourth-order valence-electron chi connectivity index (χ4n) is 3.58. The average Bonchev–Trinajstić information content (AvgIpc) is 3.15. The van der Waals surface area contributed by atoms with E-state index in [9.17, 15) is 14.4 Å². The third kappa shape index (κ3) is 4.33. The lowest BCUT2D eigenvalue weighted by Gasteiger charge is -2.19. The number of para-hydroxylation sites is 2. The number of benzene rings is 2. The van der Waals surface area contributed by atoms with Crippen LogP contribution < -0.4 is 16.1 Å². The van der Waals surface area contributed by atoms with Crippen molar-refractivity contribution in [3.05, 3.63) is 59.4 Å². The van der Waals surface area contributed by atoms with E-state index in [1.807, 2.05) is 24.3 Å². The predicted molar refractivity (Wildman–Crippen MR) is 112 cm³/mol. The summed E-state index contributed by atoms with van der Waals surface area (Å²) in [6.07, 6.45) is -0.209. The quantitative estimate of drug-likeness (QED) is 0.309. The van der Waals surface area contributed by atoms with E-state index in [0.29, 0.717) is 17.1 Å². The van der Waals surface area contributed by atoms with Gasteiger partial charge in [0.2, 0.25) is 11.8 Å². The van der Waals surface area contributed by atoms with Gasteiger partial charge in [-0.05, 0) is 35.9 Å². The lowest BCUT2D eigenvalue weighted by molar-refractivity contribution is -0.136. The topological polar surface area (TPSA) is 139 Å². The smallest absolute Gasteiger partial charge is 0.251 e. The number of aromatic amines is 1. The number of nitrogens with one attached hydrogen (secondary N) is 4. The maximum atomic E-state index is 12.7. The number of hydrogen-bond acceptors (Lipinski definition) is 6. The van der Waals surface area contributed by atoms with E-state index in [4.69, 9.17) is 5.21 Å². The first-order valence-electron chi connectivity index (χ1n) is 9.74. The minimum Gasteiger partial charge on any atom is -0.373 e. The van der Waals surface area contributed by atoms with Gasteiger partial charge in [0.15, 0.2) is 0 Å². The summed E-state index contributed by atoms with van der Waals surface area (Å²) in [5.74, 6) is -0.557. The zero-order valence-corrected chi connectivity index (χ0v) is 16.8. The molecule has 10 heteroatoms. The molecule has 3 amide bonds. The van der Waals surface area contributed by atoms with Crippen molar-refractivity contribution in [3.8, 4) is 0 Å². The number of hydrogen-bond donors (Lipinski definition) is 5. The first kappa shape index (κ1) is 20.4. The Bertz CT molecular complexity index is 1120. The summed E-state index contributed by atoms with van der Waals surface area (Å²) >= 11 is 0. The zero-order valence-electron chi connectivity index (χ0n) is 16.8. The van der Waals surface area contributed by atoms with Crippen LogP contribution in [0.3, 0.4) is 0 Å². The van der Waals surface area contributed by atoms with E-state index in [0.717, 1.165) is 16.6 Å². The molecule has 1 aromatic heterocycles. The normalized spacial score (nSPS) is 15.7. The number of anilines is 1. The summed E-state index contributed by atoms with van der Waals surface area (Å²) in [5.41, 5.74) is 5.13. The van der Waals surface area contributed by atoms with Crippen molar-refractivity contribution in [3.63, 3.8) is 0 Å². The van der Waals surface area contributed by atoms with Gasteiger partial charge in [-0.2, -0.15) is 0 Å². The lowest BCUT2D eigenvalue weighted by Crippen LogP contribution is -2.41. The molecular weight excluding hydrogens is 400 g/mol. The molecule has 1 unspecified atom stereocenters. The molecule has 0 bridgehead atoms. The standard InChI is InChI=1S/C21H22N6O4/c1-27-11-13-8-12(6-7-14(13)23-17(21(27)30)9-19(28)26-31)20(29)22-10-18-24-15-4-2-3-5-16(15)25-18/h2-8,17,23,31H,9-11H2,1H3,(H,22,29)(H,24,25)(H,26,28). The van der Waals surface area contributed by atoms with Crippen molar-refractivity contribution in [1.29, 1.82) is 0 Å². The molecule has 0 radical (unpaired) electrons. The monoisotopic (exact) mass is 422 g/mol. The molecule has 4 rings (SSSR count). The van der Waals surface area contributed by atoms with E-state index in [1.165, 1.54) is 4.90 Å². The van der Waals surface area contributed by atoms with Gasteiger partial charge < -0.3 is 20.5 Å². The number of amides is 3. The number of imidazole rings is 1. The second kappa shape index (κ2) is 8.44. The van der Waals surface area contributed by atoms with Crippen LogP contribution in [-0.2, 0) is 22.7 Å². The Morgan fingerprint density at radius 2 is 2.06 bits per heavy atom. The van der Waals surface area contributed by atoms with Gasteiger partial charge in [0.1, 0.15) is 11.9 Å². The van der Waals surface area contributed by atoms with Crippen LogP contribution >= 0.6 is 0 Å². The molecule has 1 aliphatic heterocycles. The molecule has 0 aliphatic carbocycles. The number of carbonyl (C=O) groups excluding carboxylic acids is 3. The molecule has 3 aromatic rings. The molecule has 1 atom stereocenters. The van der Waals surface area contributed by atoms with Gasteiger partial charge in [-0.15, -0.1) is 0 Å². The van der Waals surface area contributed by atoms with E-state index in [2.05, 4.69) is 20.6 Å². The van der Waals surface area contributed by atoms with Crippen LogP contribution in [0.5, 0.6) is 0 Å². The number of likely N-dealkylation sites (N-methyl/N-ethyl adjacent to an activating group) is 1. The second-order valence-corrected chi connectivity index (χ2v) is 7.39. The Morgan fingerprint density at radius 3 is 2.84 bits per heavy atom. The maximum absolute atomic E-state index is 12.7. The summed E-state index contributed by atoms with van der Waals surface area (Å²) in [4.78, 5) is 45.8. The fraction of sp³-hybridized carbons (Fsp3) is 0.238. The van der Waals surface area contributed by atoms with Gasteiger partial charge in [0.05, 0.1) is 24.0 Å². The Kier molecular flexibility index (Phi) is 5.54. The number of rotatable bonds is 5. The molecule has 1 aliphatic rings. The number of hydroxylamine groups is 1. The first-order valence-corrected chi connectivity index (χ1v) is 9.74. The van der Waals surface area contributed by atoms with E-state index in [-0.39, 0.29) is 31.3 Å². The van der Waals surface area contributed by atoms with Crippen molar-refractivity contribution < 1.29 is 19.6 Å². The van der Waals surface area contributed by atoms with Crippen molar-refractivity contribution in [2.75, 3.05) is 12.4 Å². The van der Waals surface area contributed by atoms with Gasteiger partial charge in [0, 0.05) is 24.8 Å². The molecule has 2 heterocycles. The number of aromatic nitrogens is 2. The number of nitrogens with zero attached hydrogens (tertiary/aromatic N) is 2. The third-order valence-corrected chi connectivity index (χ3v) is 5.15. The first-order chi connectivity index (χ1) is 14.9. The minimum atomic E-state index is -0.814. The average molecular weight is 422 g/mol. The van der Waals surface area contributed by atoms with Crippen LogP contribution in [0.15, 0.2) is 42.5 Å². The van der Waals surface area contributed by atoms with Crippen LogP contribution in [0, 0.1) is 0 Å². The maximum Gasteiger partial charge on any atom is 0.251 e. The Balaban J connectivity index is 1.48. The Hall–Kier alpha value is -3.92. The van der Waals surface area contributed by atoms with Crippen molar-refractivity contribution in [2.24, 2.45) is 0 Å². The summed E-state index contributed by atoms with van der Waals surface area (Å²) in [6.45, 7) is 0.530. The molecular formula is C21H22N6O4. The van der Waals surface area contributed by atoms with E-state index >= 15 is 0 Å². The highest BCUT2D eigenvalue weighted by molar-refractivity contribution is 5.96. The van der Waals surface area contributed by atoms with Crippen molar-refractivity contribution >= 4 is 34.4 Å². The van der Waals surface area contributed by atoms with E-state index in [1.54, 1.807) is 30.7 Å². The molecule has 0 saturated carbocycles. The molecule has 10 nitrogen and oxygen atoms in total. The highest BCUT2D eigenvalue weighted by Crippen LogP contribution is 2.25. The Labute approximate surface area is 177 Å². The van der Waals surface area contributed by atoms with Gasteiger partial charge in [0.25, 0.3) is 5.91 Å². The predicted octanol–water partition coefficient (Wildman–Crippen LogP) is 1.14. The largest absolute Gasteiger partial charge is 0.373 e. The SMILES string of the molecule is CN1Cc2cc(C(=O)NCc3nc4ccccc4[nH]3)ccc2NC(CC(=O)NO)C1=O. The van der Waals surface area contributed by atoms with Gasteiger partial charge in [-0.25, -0.2) is 10.5 Å². The molecule has 5 N–H and O–H groups in total. The molecule has 0 fully saturated rings. The van der Waals surface area contributed by atoms with Crippen LogP contribution in [0.25, 0.3) is 11.0 Å². The van der Waals surface area contributed by atoms with Gasteiger partial charge in [-0.3, -0.25) is 19.6 Å². The molecule has 2 aromatic carbocycles. The van der Waals surface area contributed by atoms with Crippen molar-refractivity contribution in [2.45, 2.75) is 25.6 Å². The Morgan fingerprint density at radius 1 is 1.26 bits per heavy atom. The number of fused-ring (bicyclic) bond motifs is 2. The zero-order chi connectivity index (χ0) is 22.0. The number of H-pyrrole nitrogens is 1. The van der Waals surface area contributed by atoms with Crippen LogP contribution in [0.1, 0.15) is 28.2 Å². The van der Waals surface area contributed by atoms with E-state index < -0.39 is 11.9 Å². The van der Waals surface area contributed by atoms with Crippen LogP contribution in [0.4, 0.5) is 5.69 Å². The lowest BCUT2D eigenvalue weighted by atomic mass is 10.1. The summed E-state index contributed by atoms with van der Waals surface area (Å²) < 4.78 is 0. The van der Waals surface area contributed by atoms with Gasteiger partial charge >= 0.3 is 0 Å². The highest BCUT2D eigenvalue weighted by Gasteiger charge is 2.29. The molecule has 31 heavy (non-hydrogen) atoms.